The maximum atomic E-state index is 4.46. The minimum Gasteiger partial charge on any atom is -0.264 e. The molecular weight excluding hydrogens is 264 g/mol. The molecule has 2 heterocycles. The van der Waals surface area contributed by atoms with Gasteiger partial charge in [-0.05, 0) is 35.6 Å². The molecule has 0 atom stereocenters. The van der Waals surface area contributed by atoms with Gasteiger partial charge in [0, 0.05) is 34.8 Å². The van der Waals surface area contributed by atoms with Crippen LogP contribution < -0.4 is 10.4 Å². The number of rotatable bonds is 2. The molecule has 0 radical (unpaired) electrons. The van der Waals surface area contributed by atoms with E-state index in [1.54, 1.807) is 24.2 Å². The lowest BCUT2D eigenvalue weighted by atomic mass is 10.2. The normalized spacial score (nSPS) is 22.4. The lowest BCUT2D eigenvalue weighted by Crippen LogP contribution is -2.24. The molecule has 1 aromatic heterocycles. The second-order valence-corrected chi connectivity index (χ2v) is 5.34. The van der Waals surface area contributed by atoms with Crippen LogP contribution in [0.5, 0.6) is 0 Å². The summed E-state index contributed by atoms with van der Waals surface area (Å²) in [4.78, 5) is 10.6. The van der Waals surface area contributed by atoms with Gasteiger partial charge in [0.05, 0.1) is 5.70 Å². The summed E-state index contributed by atoms with van der Waals surface area (Å²) in [5.41, 5.74) is 3.81. The Morgan fingerprint density at radius 2 is 2.30 bits per heavy atom. The van der Waals surface area contributed by atoms with Crippen LogP contribution in [0.3, 0.4) is 0 Å². The minimum absolute atomic E-state index is 0.741. The number of aromatic nitrogens is 1. The van der Waals surface area contributed by atoms with Crippen molar-refractivity contribution in [2.24, 2.45) is 4.99 Å². The molecule has 0 bridgehead atoms. The Balaban J connectivity index is 2.64. The second kappa shape index (κ2) is 6.90. The molecule has 1 aromatic rings. The van der Waals surface area contributed by atoms with Gasteiger partial charge in [-0.1, -0.05) is 31.0 Å². The highest BCUT2D eigenvalue weighted by atomic mass is 32.2. The SMILES string of the molecule is C=C=C/C1=C(\N=C/C)C/C=c2/cncc/c2=C/C(=C)S1. The number of hydrogen-bond donors (Lipinski definition) is 0. The number of nitrogens with zero attached hydrogens (tertiary/aromatic N) is 2. The Morgan fingerprint density at radius 3 is 3.05 bits per heavy atom. The van der Waals surface area contributed by atoms with Gasteiger partial charge in [0.15, 0.2) is 0 Å². The lowest BCUT2D eigenvalue weighted by molar-refractivity contribution is 1.19. The molecule has 0 N–H and O–H groups in total. The highest BCUT2D eigenvalue weighted by molar-refractivity contribution is 8.07. The molecule has 1 aliphatic heterocycles. The molecule has 2 nitrogen and oxygen atoms in total. The van der Waals surface area contributed by atoms with Crippen LogP contribution in [0, 0.1) is 0 Å². The van der Waals surface area contributed by atoms with Gasteiger partial charge in [-0.3, -0.25) is 9.98 Å². The first-order valence-corrected chi connectivity index (χ1v) is 7.12. The fraction of sp³-hybridized carbons (Fsp3) is 0.118. The summed E-state index contributed by atoms with van der Waals surface area (Å²) in [5.74, 6) is 0. The van der Waals surface area contributed by atoms with Crippen LogP contribution in [-0.4, -0.2) is 11.2 Å². The summed E-state index contributed by atoms with van der Waals surface area (Å²) in [6.07, 6.45) is 12.3. The third-order valence-corrected chi connectivity index (χ3v) is 3.72. The monoisotopic (exact) mass is 280 g/mol. The first-order chi connectivity index (χ1) is 9.74. The average Bonchev–Trinajstić information content (AvgIpc) is 2.49. The van der Waals surface area contributed by atoms with Gasteiger partial charge in [-0.25, -0.2) is 0 Å². The van der Waals surface area contributed by atoms with Gasteiger partial charge < -0.3 is 0 Å². The highest BCUT2D eigenvalue weighted by Crippen LogP contribution is 2.31. The molecule has 0 fully saturated rings. The summed E-state index contributed by atoms with van der Waals surface area (Å²) in [6, 6.07) is 1.99. The van der Waals surface area contributed by atoms with Crippen molar-refractivity contribution in [2.75, 3.05) is 0 Å². The molecular formula is C17H16N2S. The third-order valence-electron chi connectivity index (χ3n) is 2.76. The fourth-order valence-electron chi connectivity index (χ4n) is 1.91. The van der Waals surface area contributed by atoms with Gasteiger partial charge in [0.1, 0.15) is 0 Å². The van der Waals surface area contributed by atoms with E-state index < -0.39 is 0 Å². The smallest absolute Gasteiger partial charge is 0.0582 e. The highest BCUT2D eigenvalue weighted by Gasteiger charge is 2.06. The molecule has 0 unspecified atom stereocenters. The quantitative estimate of drug-likeness (QED) is 0.615. The first kappa shape index (κ1) is 14.3. The molecule has 0 aliphatic carbocycles. The Bertz CT molecular complexity index is 747. The maximum absolute atomic E-state index is 4.46. The minimum atomic E-state index is 0.741. The molecule has 20 heavy (non-hydrogen) atoms. The predicted octanol–water partition coefficient (Wildman–Crippen LogP) is 2.94. The summed E-state index contributed by atoms with van der Waals surface area (Å²) in [6.45, 7) is 9.67. The van der Waals surface area contributed by atoms with E-state index in [1.165, 1.54) is 0 Å². The number of thioether (sulfide) groups is 1. The lowest BCUT2D eigenvalue weighted by Gasteiger charge is -2.05. The standard InChI is InChI=1S/C17H16N2S/c1-4-6-17-16(19-5-2)8-7-15-12-18-10-9-14(15)11-13(3)20-17/h5-7,9-12H,1,3,8H2,2H3/b14-11-,15-7-,17-16+,19-5-. The number of fused-ring (bicyclic) bond motifs is 1. The second-order valence-electron chi connectivity index (χ2n) is 4.17. The van der Waals surface area contributed by atoms with E-state index in [1.807, 2.05) is 25.3 Å². The van der Waals surface area contributed by atoms with Crippen molar-refractivity contribution in [1.29, 1.82) is 0 Å². The molecule has 0 aromatic carbocycles. The van der Waals surface area contributed by atoms with Crippen molar-refractivity contribution in [2.45, 2.75) is 13.3 Å². The summed E-state index contributed by atoms with van der Waals surface area (Å²) < 4.78 is 0. The zero-order valence-corrected chi connectivity index (χ0v) is 12.3. The van der Waals surface area contributed by atoms with Crippen LogP contribution in [0.15, 0.2) is 63.9 Å². The van der Waals surface area contributed by atoms with Crippen LogP contribution in [-0.2, 0) is 0 Å². The van der Waals surface area contributed by atoms with Crippen molar-refractivity contribution in [3.8, 4) is 0 Å². The predicted molar refractivity (Wildman–Crippen MR) is 88.7 cm³/mol. The number of allylic oxidation sites excluding steroid dienone is 3. The number of hydrogen-bond acceptors (Lipinski definition) is 3. The van der Waals surface area contributed by atoms with Gasteiger partial charge in [-0.2, -0.15) is 0 Å². The van der Waals surface area contributed by atoms with E-state index in [0.29, 0.717) is 0 Å². The topological polar surface area (TPSA) is 25.2 Å². The molecule has 0 saturated heterocycles. The fourth-order valence-corrected chi connectivity index (χ4v) is 2.77. The van der Waals surface area contributed by atoms with Crippen molar-refractivity contribution >= 4 is 30.1 Å². The third kappa shape index (κ3) is 3.47. The Labute approximate surface area is 123 Å². The van der Waals surface area contributed by atoms with Crippen molar-refractivity contribution in [1.82, 2.24) is 4.98 Å². The number of pyridine rings is 1. The largest absolute Gasteiger partial charge is 0.264 e. The summed E-state index contributed by atoms with van der Waals surface area (Å²) >= 11 is 1.59. The van der Waals surface area contributed by atoms with E-state index in [9.17, 15) is 0 Å². The van der Waals surface area contributed by atoms with Crippen molar-refractivity contribution in [3.63, 3.8) is 0 Å². The van der Waals surface area contributed by atoms with Gasteiger partial charge in [-0.15, -0.1) is 5.73 Å². The van der Waals surface area contributed by atoms with Crippen LogP contribution in [0.25, 0.3) is 12.2 Å². The van der Waals surface area contributed by atoms with Crippen molar-refractivity contribution < 1.29 is 0 Å². The molecule has 2 rings (SSSR count). The maximum Gasteiger partial charge on any atom is 0.0582 e. The Morgan fingerprint density at radius 1 is 1.45 bits per heavy atom. The van der Waals surface area contributed by atoms with Gasteiger partial charge in [0.2, 0.25) is 0 Å². The average molecular weight is 280 g/mol. The van der Waals surface area contributed by atoms with Crippen LogP contribution in [0.2, 0.25) is 0 Å². The van der Waals surface area contributed by atoms with Crippen molar-refractivity contribution in [3.05, 3.63) is 69.4 Å². The molecule has 3 heteroatoms. The van der Waals surface area contributed by atoms with E-state index in [-0.39, 0.29) is 0 Å². The summed E-state index contributed by atoms with van der Waals surface area (Å²) in [7, 11) is 0. The Hall–Kier alpha value is -2.09. The molecule has 0 amide bonds. The molecule has 0 spiro atoms. The molecule has 0 saturated carbocycles. The van der Waals surface area contributed by atoms with Crippen LogP contribution in [0.1, 0.15) is 13.3 Å². The van der Waals surface area contributed by atoms with E-state index in [0.717, 1.165) is 32.4 Å². The van der Waals surface area contributed by atoms with E-state index in [4.69, 9.17) is 0 Å². The van der Waals surface area contributed by atoms with Gasteiger partial charge >= 0.3 is 0 Å². The van der Waals surface area contributed by atoms with Crippen LogP contribution in [0.4, 0.5) is 0 Å². The number of aliphatic imine (C=N–C) groups is 1. The molecule has 100 valence electrons. The zero-order chi connectivity index (χ0) is 14.4. The van der Waals surface area contributed by atoms with E-state index in [2.05, 4.69) is 41.0 Å². The van der Waals surface area contributed by atoms with Crippen LogP contribution >= 0.6 is 11.8 Å². The first-order valence-electron chi connectivity index (χ1n) is 6.31. The summed E-state index contributed by atoms with van der Waals surface area (Å²) in [5, 5.41) is 2.23. The molecule has 1 aliphatic rings. The zero-order valence-electron chi connectivity index (χ0n) is 11.5. The van der Waals surface area contributed by atoms with E-state index >= 15 is 0 Å². The van der Waals surface area contributed by atoms with Gasteiger partial charge in [0.25, 0.3) is 0 Å². The Kier molecular flexibility index (Phi) is 4.94.